The van der Waals surface area contributed by atoms with Crippen LogP contribution in [0.4, 0.5) is 0 Å². The summed E-state index contributed by atoms with van der Waals surface area (Å²) in [5.74, 6) is -0.595. The van der Waals surface area contributed by atoms with Crippen LogP contribution in [0.5, 0.6) is 0 Å². The van der Waals surface area contributed by atoms with Gasteiger partial charge in [-0.25, -0.2) is 0 Å². The summed E-state index contributed by atoms with van der Waals surface area (Å²) in [6.07, 6.45) is 47.8. The number of aliphatic hydroxyl groups is 4. The lowest BCUT2D eigenvalue weighted by Crippen LogP contribution is -2.53. The number of rotatable bonds is 42. The Morgan fingerprint density at radius 3 is 1.19 bits per heavy atom. The zero-order valence-electron chi connectivity index (χ0n) is 35.3. The van der Waals surface area contributed by atoms with E-state index in [1.807, 2.05) is 0 Å². The van der Waals surface area contributed by atoms with E-state index in [4.69, 9.17) is 0 Å². The van der Waals surface area contributed by atoms with Gasteiger partial charge < -0.3 is 25.7 Å². The monoisotopic (exact) mass is 750 g/mol. The molecule has 0 spiro atoms. The zero-order valence-corrected chi connectivity index (χ0v) is 35.3. The SMILES string of the molecule is CCCCCCCCCCCC/C=C/CC/C=C/CCCC(O)C(O)C(CO)NC(=O)C(O)CCCCCCCCCCCCCCCCCCCC. The van der Waals surface area contributed by atoms with Gasteiger partial charge in [-0.15, -0.1) is 0 Å². The Hall–Kier alpha value is -1.21. The maximum atomic E-state index is 12.5. The molecule has 1 amide bonds. The molecular weight excluding hydrogens is 659 g/mol. The van der Waals surface area contributed by atoms with Crippen LogP contribution < -0.4 is 5.32 Å². The fourth-order valence-electron chi connectivity index (χ4n) is 7.19. The second kappa shape index (κ2) is 41.9. The Balaban J connectivity index is 3.77. The van der Waals surface area contributed by atoms with E-state index in [9.17, 15) is 25.2 Å². The van der Waals surface area contributed by atoms with E-state index in [0.29, 0.717) is 19.3 Å². The molecule has 0 aromatic carbocycles. The first-order valence-corrected chi connectivity index (χ1v) is 23.2. The van der Waals surface area contributed by atoms with Crippen LogP contribution in [-0.4, -0.2) is 57.3 Å². The van der Waals surface area contributed by atoms with E-state index in [2.05, 4.69) is 43.5 Å². The molecule has 4 unspecified atom stereocenters. The molecular formula is C47H91NO5. The lowest BCUT2D eigenvalue weighted by atomic mass is 10.00. The van der Waals surface area contributed by atoms with Crippen molar-refractivity contribution < 1.29 is 25.2 Å². The van der Waals surface area contributed by atoms with Gasteiger partial charge in [0.05, 0.1) is 18.8 Å². The highest BCUT2D eigenvalue weighted by Gasteiger charge is 2.28. The van der Waals surface area contributed by atoms with Gasteiger partial charge in [-0.3, -0.25) is 4.79 Å². The summed E-state index contributed by atoms with van der Waals surface area (Å²) in [6, 6.07) is -1.00. The number of carbonyl (C=O) groups excluding carboxylic acids is 1. The molecule has 314 valence electrons. The minimum absolute atomic E-state index is 0.364. The lowest BCUT2D eigenvalue weighted by Gasteiger charge is -2.27. The highest BCUT2D eigenvalue weighted by Crippen LogP contribution is 2.16. The summed E-state index contributed by atoms with van der Waals surface area (Å²) in [6.45, 7) is 4.05. The van der Waals surface area contributed by atoms with Crippen molar-refractivity contribution >= 4 is 5.91 Å². The average molecular weight is 750 g/mol. The van der Waals surface area contributed by atoms with Crippen molar-refractivity contribution in [2.24, 2.45) is 0 Å². The first-order valence-electron chi connectivity index (χ1n) is 23.2. The lowest BCUT2D eigenvalue weighted by molar-refractivity contribution is -0.132. The molecule has 0 fully saturated rings. The molecule has 0 aromatic rings. The second-order valence-corrected chi connectivity index (χ2v) is 16.1. The minimum atomic E-state index is -1.29. The Bertz CT molecular complexity index is 802. The standard InChI is InChI=1S/C47H91NO5/c1-3-5-7-9-11-13-15-17-19-21-23-25-26-28-30-32-34-36-38-40-44(50)46(52)43(42-49)48-47(53)45(51)41-39-37-35-33-31-29-27-24-22-20-18-16-14-12-10-8-6-4-2/h25-26,32,34,43-46,49-52H,3-24,27-31,33,35-42H2,1-2H3,(H,48,53)/b26-25+,34-32+. The number of carbonyl (C=O) groups is 1. The predicted molar refractivity (Wildman–Crippen MR) is 228 cm³/mol. The van der Waals surface area contributed by atoms with E-state index in [1.54, 1.807) is 0 Å². The molecule has 0 rings (SSSR count). The number of aliphatic hydroxyl groups excluding tert-OH is 4. The van der Waals surface area contributed by atoms with Gasteiger partial charge in [-0.05, 0) is 51.4 Å². The molecule has 53 heavy (non-hydrogen) atoms. The molecule has 6 heteroatoms. The van der Waals surface area contributed by atoms with Crippen molar-refractivity contribution in [3.05, 3.63) is 24.3 Å². The average Bonchev–Trinajstić information content (AvgIpc) is 3.16. The van der Waals surface area contributed by atoms with Crippen molar-refractivity contribution in [3.8, 4) is 0 Å². The van der Waals surface area contributed by atoms with Crippen molar-refractivity contribution in [1.82, 2.24) is 5.32 Å². The number of hydrogen-bond acceptors (Lipinski definition) is 5. The minimum Gasteiger partial charge on any atom is -0.394 e. The van der Waals surface area contributed by atoms with Gasteiger partial charge in [0.25, 0.3) is 0 Å². The van der Waals surface area contributed by atoms with Crippen molar-refractivity contribution in [3.63, 3.8) is 0 Å². The van der Waals surface area contributed by atoms with Crippen LogP contribution in [-0.2, 0) is 4.79 Å². The van der Waals surface area contributed by atoms with Crippen LogP contribution in [0.3, 0.4) is 0 Å². The normalized spacial score (nSPS) is 14.3. The van der Waals surface area contributed by atoms with Gasteiger partial charge in [-0.2, -0.15) is 0 Å². The smallest absolute Gasteiger partial charge is 0.249 e. The Morgan fingerprint density at radius 1 is 0.453 bits per heavy atom. The van der Waals surface area contributed by atoms with Gasteiger partial charge in [0.2, 0.25) is 5.91 Å². The maximum Gasteiger partial charge on any atom is 0.249 e. The summed E-state index contributed by atoms with van der Waals surface area (Å²) < 4.78 is 0. The predicted octanol–water partition coefficient (Wildman–Crippen LogP) is 12.4. The van der Waals surface area contributed by atoms with E-state index >= 15 is 0 Å². The summed E-state index contributed by atoms with van der Waals surface area (Å²) in [4.78, 5) is 12.5. The molecule has 0 aliphatic rings. The summed E-state index contributed by atoms with van der Waals surface area (Å²) in [7, 11) is 0. The molecule has 0 aromatic heterocycles. The van der Waals surface area contributed by atoms with E-state index in [0.717, 1.165) is 38.5 Å². The summed E-state index contributed by atoms with van der Waals surface area (Å²) in [5.41, 5.74) is 0. The van der Waals surface area contributed by atoms with E-state index in [1.165, 1.54) is 167 Å². The number of allylic oxidation sites excluding steroid dienone is 4. The Labute approximate surface area is 329 Å². The summed E-state index contributed by atoms with van der Waals surface area (Å²) >= 11 is 0. The zero-order chi connectivity index (χ0) is 38.9. The van der Waals surface area contributed by atoms with Gasteiger partial charge in [0.1, 0.15) is 12.2 Å². The van der Waals surface area contributed by atoms with Crippen LogP contribution >= 0.6 is 0 Å². The van der Waals surface area contributed by atoms with Crippen LogP contribution in [0.15, 0.2) is 24.3 Å². The number of amides is 1. The third-order valence-electron chi connectivity index (χ3n) is 10.9. The van der Waals surface area contributed by atoms with Crippen LogP contribution in [0.25, 0.3) is 0 Å². The third kappa shape index (κ3) is 36.2. The molecule has 0 radical (unpaired) electrons. The first kappa shape index (κ1) is 51.8. The number of unbranched alkanes of at least 4 members (excludes halogenated alkanes) is 29. The quantitative estimate of drug-likeness (QED) is 0.0315. The van der Waals surface area contributed by atoms with Crippen LogP contribution in [0.1, 0.15) is 239 Å². The van der Waals surface area contributed by atoms with Crippen molar-refractivity contribution in [2.75, 3.05) is 6.61 Å². The Kier molecular flexibility index (Phi) is 41.0. The van der Waals surface area contributed by atoms with Gasteiger partial charge in [-0.1, -0.05) is 212 Å². The highest BCUT2D eigenvalue weighted by atomic mass is 16.3. The molecule has 0 aliphatic heterocycles. The number of hydrogen-bond donors (Lipinski definition) is 5. The molecule has 6 nitrogen and oxygen atoms in total. The molecule has 5 N–H and O–H groups in total. The molecule has 0 heterocycles. The molecule has 0 aliphatic carbocycles. The van der Waals surface area contributed by atoms with Gasteiger partial charge in [0, 0.05) is 0 Å². The van der Waals surface area contributed by atoms with Crippen LogP contribution in [0, 0.1) is 0 Å². The first-order chi connectivity index (χ1) is 26.0. The largest absolute Gasteiger partial charge is 0.394 e. The second-order valence-electron chi connectivity index (χ2n) is 16.1. The van der Waals surface area contributed by atoms with Crippen LogP contribution in [0.2, 0.25) is 0 Å². The fraction of sp³-hybridized carbons (Fsp3) is 0.894. The van der Waals surface area contributed by atoms with Gasteiger partial charge >= 0.3 is 0 Å². The topological polar surface area (TPSA) is 110 Å². The van der Waals surface area contributed by atoms with Gasteiger partial charge in [0.15, 0.2) is 0 Å². The molecule has 0 saturated heterocycles. The Morgan fingerprint density at radius 2 is 0.792 bits per heavy atom. The number of nitrogens with one attached hydrogen (secondary N) is 1. The maximum absolute atomic E-state index is 12.5. The molecule has 0 bridgehead atoms. The fourth-order valence-corrected chi connectivity index (χ4v) is 7.19. The third-order valence-corrected chi connectivity index (χ3v) is 10.9. The highest BCUT2D eigenvalue weighted by molar-refractivity contribution is 5.80. The van der Waals surface area contributed by atoms with E-state index in [-0.39, 0.29) is 0 Å². The van der Waals surface area contributed by atoms with Crippen molar-refractivity contribution in [2.45, 2.75) is 263 Å². The molecule has 4 atom stereocenters. The van der Waals surface area contributed by atoms with Crippen molar-refractivity contribution in [1.29, 1.82) is 0 Å². The molecule has 0 saturated carbocycles. The van der Waals surface area contributed by atoms with E-state index < -0.39 is 36.9 Å². The summed E-state index contributed by atoms with van der Waals surface area (Å²) in [5, 5.41) is 43.7.